The van der Waals surface area contributed by atoms with Gasteiger partial charge in [-0.3, -0.25) is 14.4 Å². The molecule has 1 aromatic rings. The molecule has 120 valence electrons. The maximum absolute atomic E-state index is 12.0. The highest BCUT2D eigenvalue weighted by molar-refractivity contribution is 5.98. The van der Waals surface area contributed by atoms with Crippen LogP contribution in [0.1, 0.15) is 29.8 Å². The van der Waals surface area contributed by atoms with Crippen LogP contribution in [0.25, 0.3) is 0 Å². The first-order valence-corrected chi connectivity index (χ1v) is 7.01. The Bertz CT molecular complexity index is 570. The SMILES string of the molecule is Cc1cc(NC(=O)CNC(=O)CN)ccc1C(=O)NC(C)C. The summed E-state index contributed by atoms with van der Waals surface area (Å²) in [4.78, 5) is 34.6. The second-order valence-corrected chi connectivity index (χ2v) is 5.19. The molecule has 0 aliphatic carbocycles. The minimum atomic E-state index is -0.396. The summed E-state index contributed by atoms with van der Waals surface area (Å²) in [5.41, 5.74) is 7.00. The summed E-state index contributed by atoms with van der Waals surface area (Å²) >= 11 is 0. The van der Waals surface area contributed by atoms with E-state index in [-0.39, 0.29) is 30.9 Å². The topological polar surface area (TPSA) is 113 Å². The number of carbonyl (C=O) groups is 3. The Morgan fingerprint density at radius 2 is 1.86 bits per heavy atom. The van der Waals surface area contributed by atoms with E-state index in [1.807, 2.05) is 13.8 Å². The molecule has 0 atom stereocenters. The fourth-order valence-corrected chi connectivity index (χ4v) is 1.79. The van der Waals surface area contributed by atoms with Gasteiger partial charge in [-0.1, -0.05) is 0 Å². The molecule has 0 saturated heterocycles. The molecular formula is C15H22N4O3. The van der Waals surface area contributed by atoms with Gasteiger partial charge in [0.05, 0.1) is 13.1 Å². The zero-order valence-electron chi connectivity index (χ0n) is 13.0. The van der Waals surface area contributed by atoms with Gasteiger partial charge < -0.3 is 21.7 Å². The molecule has 0 heterocycles. The number of hydrogen-bond acceptors (Lipinski definition) is 4. The third-order valence-electron chi connectivity index (χ3n) is 2.81. The Morgan fingerprint density at radius 3 is 2.41 bits per heavy atom. The van der Waals surface area contributed by atoms with Crippen LogP contribution >= 0.6 is 0 Å². The Morgan fingerprint density at radius 1 is 1.18 bits per heavy atom. The summed E-state index contributed by atoms with van der Waals surface area (Å²) in [7, 11) is 0. The van der Waals surface area contributed by atoms with Crippen molar-refractivity contribution in [2.24, 2.45) is 5.73 Å². The van der Waals surface area contributed by atoms with E-state index >= 15 is 0 Å². The van der Waals surface area contributed by atoms with E-state index in [1.165, 1.54) is 0 Å². The van der Waals surface area contributed by atoms with E-state index in [0.29, 0.717) is 11.3 Å². The number of carbonyl (C=O) groups excluding carboxylic acids is 3. The Hall–Kier alpha value is -2.41. The van der Waals surface area contributed by atoms with Crippen LogP contribution in [-0.2, 0) is 9.59 Å². The lowest BCUT2D eigenvalue weighted by Gasteiger charge is -2.12. The number of anilines is 1. The number of rotatable bonds is 6. The second-order valence-electron chi connectivity index (χ2n) is 5.19. The molecule has 0 aliphatic rings. The van der Waals surface area contributed by atoms with Crippen LogP contribution in [0.4, 0.5) is 5.69 Å². The van der Waals surface area contributed by atoms with Crippen molar-refractivity contribution in [3.05, 3.63) is 29.3 Å². The molecule has 22 heavy (non-hydrogen) atoms. The summed E-state index contributed by atoms with van der Waals surface area (Å²) in [6.07, 6.45) is 0. The molecule has 0 saturated carbocycles. The maximum Gasteiger partial charge on any atom is 0.251 e. The van der Waals surface area contributed by atoms with Gasteiger partial charge in [0.25, 0.3) is 5.91 Å². The number of aryl methyl sites for hydroxylation is 1. The predicted molar refractivity (Wildman–Crippen MR) is 84.5 cm³/mol. The monoisotopic (exact) mass is 306 g/mol. The average molecular weight is 306 g/mol. The van der Waals surface area contributed by atoms with Crippen molar-refractivity contribution in [2.75, 3.05) is 18.4 Å². The zero-order valence-corrected chi connectivity index (χ0v) is 13.0. The highest BCUT2D eigenvalue weighted by Gasteiger charge is 2.11. The van der Waals surface area contributed by atoms with Gasteiger partial charge in [-0.2, -0.15) is 0 Å². The van der Waals surface area contributed by atoms with Crippen LogP contribution in [0.3, 0.4) is 0 Å². The maximum atomic E-state index is 12.0. The molecule has 0 fully saturated rings. The molecule has 0 aromatic heterocycles. The van der Waals surface area contributed by atoms with Gasteiger partial charge in [0.2, 0.25) is 11.8 Å². The molecule has 0 spiro atoms. The van der Waals surface area contributed by atoms with Crippen LogP contribution in [0.15, 0.2) is 18.2 Å². The van der Waals surface area contributed by atoms with Crippen LogP contribution in [0, 0.1) is 6.92 Å². The molecule has 0 unspecified atom stereocenters. The third-order valence-corrected chi connectivity index (χ3v) is 2.81. The van der Waals surface area contributed by atoms with Crippen molar-refractivity contribution in [3.8, 4) is 0 Å². The van der Waals surface area contributed by atoms with Crippen molar-refractivity contribution in [1.29, 1.82) is 0 Å². The fraction of sp³-hybridized carbons (Fsp3) is 0.400. The van der Waals surface area contributed by atoms with E-state index in [9.17, 15) is 14.4 Å². The van der Waals surface area contributed by atoms with Crippen molar-refractivity contribution in [3.63, 3.8) is 0 Å². The Kier molecular flexibility index (Phi) is 6.52. The molecular weight excluding hydrogens is 284 g/mol. The largest absolute Gasteiger partial charge is 0.350 e. The molecule has 0 aliphatic heterocycles. The summed E-state index contributed by atoms with van der Waals surface area (Å²) in [5.74, 6) is -0.909. The number of hydrogen-bond donors (Lipinski definition) is 4. The Balaban J connectivity index is 2.67. The number of nitrogens with two attached hydrogens (primary N) is 1. The van der Waals surface area contributed by atoms with Gasteiger partial charge in [0.1, 0.15) is 0 Å². The third kappa shape index (κ3) is 5.53. The van der Waals surface area contributed by atoms with Crippen molar-refractivity contribution in [1.82, 2.24) is 10.6 Å². The van der Waals surface area contributed by atoms with Crippen molar-refractivity contribution >= 4 is 23.4 Å². The van der Waals surface area contributed by atoms with Crippen LogP contribution < -0.4 is 21.7 Å². The van der Waals surface area contributed by atoms with Crippen molar-refractivity contribution in [2.45, 2.75) is 26.8 Å². The number of benzene rings is 1. The first-order chi connectivity index (χ1) is 10.3. The van der Waals surface area contributed by atoms with Crippen LogP contribution in [0.2, 0.25) is 0 Å². The van der Waals surface area contributed by atoms with Gasteiger partial charge in [-0.15, -0.1) is 0 Å². The van der Waals surface area contributed by atoms with E-state index in [0.717, 1.165) is 5.56 Å². The lowest BCUT2D eigenvalue weighted by Crippen LogP contribution is -2.36. The summed E-state index contributed by atoms with van der Waals surface area (Å²) in [5, 5.41) is 7.83. The summed E-state index contributed by atoms with van der Waals surface area (Å²) < 4.78 is 0. The van der Waals surface area contributed by atoms with Crippen LogP contribution in [-0.4, -0.2) is 36.9 Å². The highest BCUT2D eigenvalue weighted by atomic mass is 16.2. The minimum absolute atomic E-state index is 0.0532. The lowest BCUT2D eigenvalue weighted by atomic mass is 10.1. The van der Waals surface area contributed by atoms with Gasteiger partial charge >= 0.3 is 0 Å². The number of amides is 3. The standard InChI is InChI=1S/C15H22N4O3/c1-9(2)18-15(22)12-5-4-11(6-10(12)3)19-14(21)8-17-13(20)7-16/h4-6,9H,7-8,16H2,1-3H3,(H,17,20)(H,18,22)(H,19,21). The van der Waals surface area contributed by atoms with Crippen LogP contribution in [0.5, 0.6) is 0 Å². The predicted octanol–water partition coefficient (Wildman–Crippen LogP) is 0.147. The normalized spacial score (nSPS) is 10.2. The molecule has 5 N–H and O–H groups in total. The molecule has 1 aromatic carbocycles. The smallest absolute Gasteiger partial charge is 0.251 e. The van der Waals surface area contributed by atoms with Crippen molar-refractivity contribution < 1.29 is 14.4 Å². The molecule has 0 radical (unpaired) electrons. The second kappa shape index (κ2) is 8.14. The van der Waals surface area contributed by atoms with Gasteiger partial charge in [-0.05, 0) is 44.5 Å². The average Bonchev–Trinajstić information content (AvgIpc) is 2.43. The summed E-state index contributed by atoms with van der Waals surface area (Å²) in [6.45, 7) is 5.26. The number of nitrogens with one attached hydrogen (secondary N) is 3. The zero-order chi connectivity index (χ0) is 16.7. The summed E-state index contributed by atoms with van der Waals surface area (Å²) in [6, 6.07) is 5.06. The molecule has 3 amide bonds. The molecule has 7 heteroatoms. The minimum Gasteiger partial charge on any atom is -0.350 e. The Labute approximate surface area is 129 Å². The molecule has 7 nitrogen and oxygen atoms in total. The van der Waals surface area contributed by atoms with Gasteiger partial charge in [-0.25, -0.2) is 0 Å². The van der Waals surface area contributed by atoms with E-state index in [2.05, 4.69) is 16.0 Å². The highest BCUT2D eigenvalue weighted by Crippen LogP contribution is 2.15. The first kappa shape index (κ1) is 17.6. The van der Waals surface area contributed by atoms with Gasteiger partial charge in [0.15, 0.2) is 0 Å². The van der Waals surface area contributed by atoms with E-state index in [4.69, 9.17) is 5.73 Å². The lowest BCUT2D eigenvalue weighted by molar-refractivity contribution is -0.123. The van der Waals surface area contributed by atoms with E-state index < -0.39 is 5.91 Å². The molecule has 1 rings (SSSR count). The molecule has 0 bridgehead atoms. The van der Waals surface area contributed by atoms with E-state index in [1.54, 1.807) is 25.1 Å². The quantitative estimate of drug-likeness (QED) is 0.599. The first-order valence-electron chi connectivity index (χ1n) is 7.01. The van der Waals surface area contributed by atoms with Gasteiger partial charge in [0, 0.05) is 17.3 Å². The fourth-order valence-electron chi connectivity index (χ4n) is 1.79.